The average Bonchev–Trinajstić information content (AvgIpc) is 3.09. The fraction of sp³-hybridized carbons (Fsp3) is 0.517. The summed E-state index contributed by atoms with van der Waals surface area (Å²) >= 11 is 0. The van der Waals surface area contributed by atoms with Crippen molar-refractivity contribution in [3.63, 3.8) is 0 Å². The molecule has 0 unspecified atom stereocenters. The summed E-state index contributed by atoms with van der Waals surface area (Å²) in [4.78, 5) is 28.2. The monoisotopic (exact) mass is 503 g/mol. The van der Waals surface area contributed by atoms with E-state index in [-0.39, 0.29) is 5.78 Å². The van der Waals surface area contributed by atoms with Crippen LogP contribution >= 0.6 is 0 Å². The van der Waals surface area contributed by atoms with E-state index in [0.29, 0.717) is 48.0 Å². The normalized spacial score (nSPS) is 18.6. The van der Waals surface area contributed by atoms with E-state index < -0.39 is 23.3 Å². The molecular weight excluding hydrogens is 467 g/mol. The van der Waals surface area contributed by atoms with E-state index in [0.717, 1.165) is 56.6 Å². The summed E-state index contributed by atoms with van der Waals surface area (Å²) in [6.45, 7) is 12.3. The zero-order valence-electron chi connectivity index (χ0n) is 21.5. The minimum absolute atomic E-state index is 0.215. The molecule has 1 spiro atoms. The van der Waals surface area contributed by atoms with Crippen LogP contribution in [0.25, 0.3) is 6.08 Å². The van der Waals surface area contributed by atoms with Crippen molar-refractivity contribution in [3.8, 4) is 0 Å². The van der Waals surface area contributed by atoms with Crippen molar-refractivity contribution in [1.82, 2.24) is 4.90 Å². The number of halogens is 3. The number of rotatable bonds is 10. The van der Waals surface area contributed by atoms with Crippen LogP contribution in [0.5, 0.6) is 0 Å². The fourth-order valence-electron chi connectivity index (χ4n) is 4.99. The quantitative estimate of drug-likeness (QED) is 0.257. The molecule has 1 saturated heterocycles. The number of nitrogens with zero attached hydrogens (tertiary/aromatic N) is 1. The van der Waals surface area contributed by atoms with Gasteiger partial charge in [0.05, 0.1) is 11.1 Å². The van der Waals surface area contributed by atoms with E-state index in [1.54, 1.807) is 6.92 Å². The van der Waals surface area contributed by atoms with Gasteiger partial charge in [0.1, 0.15) is 5.60 Å². The van der Waals surface area contributed by atoms with Gasteiger partial charge in [0.15, 0.2) is 5.78 Å². The number of hydrogen-bond donors (Lipinski definition) is 0. The summed E-state index contributed by atoms with van der Waals surface area (Å²) in [6, 6.07) is 5.11. The highest BCUT2D eigenvalue weighted by Crippen LogP contribution is 2.42. The van der Waals surface area contributed by atoms with Gasteiger partial charge in [-0.3, -0.25) is 4.79 Å². The standard InChI is InChI=1S/C29H36F3NO3/c1-5-7-8-22(19-23-11-13-24(14-12-23)29(30,31)32)10-9-20(3)26(34)25-21(4)27(35)36-28(25)15-17-33(6-2)18-16-28/h11-14,19H,3,5-10,15-18H2,1-2,4H3. The molecule has 1 aromatic carbocycles. The Morgan fingerprint density at radius 2 is 1.75 bits per heavy atom. The van der Waals surface area contributed by atoms with E-state index >= 15 is 0 Å². The molecule has 0 atom stereocenters. The number of esters is 1. The van der Waals surface area contributed by atoms with Crippen LogP contribution in [0.1, 0.15) is 76.8 Å². The van der Waals surface area contributed by atoms with Crippen LogP contribution in [0.15, 0.2) is 53.1 Å². The summed E-state index contributed by atoms with van der Waals surface area (Å²) < 4.78 is 44.4. The summed E-state index contributed by atoms with van der Waals surface area (Å²) in [5.41, 5.74) is 1.46. The lowest BCUT2D eigenvalue weighted by Gasteiger charge is -2.39. The zero-order valence-corrected chi connectivity index (χ0v) is 21.5. The molecule has 2 heterocycles. The van der Waals surface area contributed by atoms with Crippen LogP contribution in [-0.2, 0) is 20.5 Å². The molecular formula is C29H36F3NO3. The Balaban J connectivity index is 1.73. The molecule has 2 aliphatic heterocycles. The maximum atomic E-state index is 13.5. The fourth-order valence-corrected chi connectivity index (χ4v) is 4.99. The third kappa shape index (κ3) is 6.36. The summed E-state index contributed by atoms with van der Waals surface area (Å²) in [5.74, 6) is -0.644. The molecule has 1 fully saturated rings. The van der Waals surface area contributed by atoms with Crippen molar-refractivity contribution in [2.75, 3.05) is 19.6 Å². The highest BCUT2D eigenvalue weighted by molar-refractivity contribution is 6.15. The number of likely N-dealkylation sites (tertiary alicyclic amines) is 1. The van der Waals surface area contributed by atoms with Crippen molar-refractivity contribution in [2.24, 2.45) is 0 Å². The number of unbranched alkanes of at least 4 members (excludes halogenated alkanes) is 1. The topological polar surface area (TPSA) is 46.6 Å². The number of allylic oxidation sites excluding steroid dienone is 2. The molecule has 196 valence electrons. The van der Waals surface area contributed by atoms with Gasteiger partial charge in [-0.2, -0.15) is 13.2 Å². The Labute approximate surface area is 211 Å². The lowest BCUT2D eigenvalue weighted by Crippen LogP contribution is -2.47. The summed E-state index contributed by atoms with van der Waals surface area (Å²) in [7, 11) is 0. The van der Waals surface area contributed by atoms with E-state index in [1.165, 1.54) is 12.1 Å². The Bertz CT molecular complexity index is 1040. The number of hydrogen-bond acceptors (Lipinski definition) is 4. The van der Waals surface area contributed by atoms with Gasteiger partial charge in [-0.05, 0) is 62.4 Å². The highest BCUT2D eigenvalue weighted by atomic mass is 19.4. The average molecular weight is 504 g/mol. The van der Waals surface area contributed by atoms with Crippen LogP contribution in [0.2, 0.25) is 0 Å². The van der Waals surface area contributed by atoms with E-state index in [9.17, 15) is 22.8 Å². The van der Waals surface area contributed by atoms with Gasteiger partial charge < -0.3 is 9.64 Å². The smallest absolute Gasteiger partial charge is 0.416 e. The molecule has 4 nitrogen and oxygen atoms in total. The largest absolute Gasteiger partial charge is 0.451 e. The van der Waals surface area contributed by atoms with E-state index in [4.69, 9.17) is 4.74 Å². The second kappa shape index (κ2) is 11.6. The van der Waals surface area contributed by atoms with Crippen molar-refractivity contribution in [1.29, 1.82) is 0 Å². The Kier molecular flexibility index (Phi) is 8.98. The minimum atomic E-state index is -4.37. The molecule has 0 amide bonds. The first-order valence-corrected chi connectivity index (χ1v) is 12.8. The molecule has 0 saturated carbocycles. The van der Waals surface area contributed by atoms with Gasteiger partial charge in [-0.15, -0.1) is 0 Å². The third-order valence-electron chi connectivity index (χ3n) is 7.29. The maximum absolute atomic E-state index is 13.5. The van der Waals surface area contributed by atoms with Crippen molar-refractivity contribution < 1.29 is 27.5 Å². The molecule has 0 N–H and O–H groups in total. The van der Waals surface area contributed by atoms with Gasteiger partial charge in [0.25, 0.3) is 0 Å². The number of ether oxygens (including phenoxy) is 1. The van der Waals surface area contributed by atoms with Gasteiger partial charge in [-0.1, -0.05) is 50.6 Å². The number of piperidine rings is 1. The van der Waals surface area contributed by atoms with Crippen LogP contribution < -0.4 is 0 Å². The predicted molar refractivity (Wildman–Crippen MR) is 135 cm³/mol. The third-order valence-corrected chi connectivity index (χ3v) is 7.29. The SMILES string of the molecule is C=C(CCC(=Cc1ccc(C(F)(F)F)cc1)CCCC)C(=O)C1=C(C)C(=O)OC12CCN(CC)CC2. The van der Waals surface area contributed by atoms with Gasteiger partial charge >= 0.3 is 12.1 Å². The van der Waals surface area contributed by atoms with Gasteiger partial charge in [0, 0.05) is 31.5 Å². The number of carbonyl (C=O) groups is 2. The lowest BCUT2D eigenvalue weighted by atomic mass is 9.79. The molecule has 0 aliphatic carbocycles. The summed E-state index contributed by atoms with van der Waals surface area (Å²) in [6.07, 6.45) is 2.42. The lowest BCUT2D eigenvalue weighted by molar-refractivity contribution is -0.150. The van der Waals surface area contributed by atoms with Gasteiger partial charge in [-0.25, -0.2) is 4.79 Å². The Morgan fingerprint density at radius 3 is 2.31 bits per heavy atom. The van der Waals surface area contributed by atoms with Crippen molar-refractivity contribution in [2.45, 2.75) is 77.5 Å². The second-order valence-electron chi connectivity index (χ2n) is 9.78. The van der Waals surface area contributed by atoms with Crippen molar-refractivity contribution in [3.05, 3.63) is 64.3 Å². The molecule has 36 heavy (non-hydrogen) atoms. The second-order valence-corrected chi connectivity index (χ2v) is 9.78. The first-order valence-electron chi connectivity index (χ1n) is 12.8. The molecule has 0 bridgehead atoms. The van der Waals surface area contributed by atoms with Crippen molar-refractivity contribution >= 4 is 17.8 Å². The molecule has 0 radical (unpaired) electrons. The van der Waals surface area contributed by atoms with E-state index in [1.807, 2.05) is 6.08 Å². The zero-order chi connectivity index (χ0) is 26.5. The van der Waals surface area contributed by atoms with Crippen LogP contribution in [-0.4, -0.2) is 41.9 Å². The first kappa shape index (κ1) is 27.9. The van der Waals surface area contributed by atoms with E-state index in [2.05, 4.69) is 25.3 Å². The molecule has 2 aliphatic rings. The van der Waals surface area contributed by atoms with Crippen LogP contribution in [0.3, 0.4) is 0 Å². The number of benzene rings is 1. The Morgan fingerprint density at radius 1 is 1.11 bits per heavy atom. The van der Waals surface area contributed by atoms with Crippen LogP contribution in [0.4, 0.5) is 13.2 Å². The molecule has 1 aromatic rings. The molecule has 3 rings (SSSR count). The molecule has 0 aromatic heterocycles. The number of carbonyl (C=O) groups excluding carboxylic acids is 2. The first-order chi connectivity index (χ1) is 17.0. The number of alkyl halides is 3. The number of ketones is 1. The summed E-state index contributed by atoms with van der Waals surface area (Å²) in [5, 5.41) is 0. The number of Topliss-reactive ketones (excluding diaryl/α,β-unsaturated/α-hetero) is 1. The Hall–Kier alpha value is -2.67. The minimum Gasteiger partial charge on any atom is -0.451 e. The van der Waals surface area contributed by atoms with Crippen LogP contribution in [0, 0.1) is 0 Å². The predicted octanol–water partition coefficient (Wildman–Crippen LogP) is 6.91. The van der Waals surface area contributed by atoms with Gasteiger partial charge in [0.2, 0.25) is 0 Å². The molecule has 7 heteroatoms. The highest BCUT2D eigenvalue weighted by Gasteiger charge is 2.50. The maximum Gasteiger partial charge on any atom is 0.416 e.